The van der Waals surface area contributed by atoms with Gasteiger partial charge in [-0.05, 0) is 42.3 Å². The Bertz CT molecular complexity index is 817. The Morgan fingerprint density at radius 3 is 2.79 bits per heavy atom. The number of hydrogen-bond donors (Lipinski definition) is 1. The third kappa shape index (κ3) is 3.44. The van der Waals surface area contributed by atoms with E-state index in [-0.39, 0.29) is 11.9 Å². The molecular formula is C18H18FN3O2. The minimum atomic E-state index is -0.281. The van der Waals surface area contributed by atoms with Crippen LogP contribution in [0.1, 0.15) is 18.1 Å². The first-order valence-electron chi connectivity index (χ1n) is 7.64. The molecule has 0 radical (unpaired) electrons. The van der Waals surface area contributed by atoms with Crippen molar-refractivity contribution >= 4 is 23.0 Å². The van der Waals surface area contributed by atoms with Gasteiger partial charge in [-0.3, -0.25) is 9.89 Å². The van der Waals surface area contributed by atoms with Gasteiger partial charge in [0.2, 0.25) is 6.41 Å². The van der Waals surface area contributed by atoms with Crippen molar-refractivity contribution < 1.29 is 13.9 Å². The van der Waals surface area contributed by atoms with Crippen LogP contribution in [0.3, 0.4) is 0 Å². The van der Waals surface area contributed by atoms with E-state index in [1.807, 2.05) is 18.2 Å². The van der Waals surface area contributed by atoms with E-state index in [0.717, 1.165) is 28.6 Å². The second-order valence-electron chi connectivity index (χ2n) is 5.50. The number of amides is 1. The first-order valence-corrected chi connectivity index (χ1v) is 7.64. The fourth-order valence-corrected chi connectivity index (χ4v) is 2.71. The van der Waals surface area contributed by atoms with Crippen molar-refractivity contribution in [1.29, 1.82) is 0 Å². The zero-order valence-corrected chi connectivity index (χ0v) is 13.3. The monoisotopic (exact) mass is 327 g/mol. The predicted octanol–water partition coefficient (Wildman–Crippen LogP) is 3.44. The quantitative estimate of drug-likeness (QED) is 0.676. The summed E-state index contributed by atoms with van der Waals surface area (Å²) in [6, 6.07) is 11.9. The van der Waals surface area contributed by atoms with E-state index in [9.17, 15) is 9.18 Å². The summed E-state index contributed by atoms with van der Waals surface area (Å²) in [5, 5.41) is 7.81. The summed E-state index contributed by atoms with van der Waals surface area (Å²) >= 11 is 0. The Labute approximate surface area is 139 Å². The highest BCUT2D eigenvalue weighted by atomic mass is 19.1. The second-order valence-corrected chi connectivity index (χ2v) is 5.50. The van der Waals surface area contributed by atoms with Gasteiger partial charge >= 0.3 is 0 Å². The fraction of sp³-hybridized carbons (Fsp3) is 0.222. The summed E-state index contributed by atoms with van der Waals surface area (Å²) in [6.45, 7) is 0.489. The number of hydrogen-bond acceptors (Lipinski definition) is 3. The molecule has 1 N–H and O–H groups in total. The van der Waals surface area contributed by atoms with E-state index in [4.69, 9.17) is 4.74 Å². The van der Waals surface area contributed by atoms with E-state index in [1.54, 1.807) is 30.3 Å². The van der Waals surface area contributed by atoms with Crippen LogP contribution in [0.2, 0.25) is 0 Å². The minimum absolute atomic E-state index is 0.203. The number of aromatic nitrogens is 2. The van der Waals surface area contributed by atoms with Gasteiger partial charge in [0.1, 0.15) is 5.82 Å². The molecule has 0 spiro atoms. The molecule has 1 heterocycles. The lowest BCUT2D eigenvalue weighted by Crippen LogP contribution is -2.24. The number of aromatic amines is 1. The zero-order chi connectivity index (χ0) is 16.9. The highest BCUT2D eigenvalue weighted by Crippen LogP contribution is 2.24. The Hall–Kier alpha value is -2.73. The topological polar surface area (TPSA) is 58.2 Å². The van der Waals surface area contributed by atoms with E-state index in [1.165, 1.54) is 12.1 Å². The third-order valence-electron chi connectivity index (χ3n) is 4.04. The number of H-pyrrole nitrogens is 1. The molecule has 1 amide bonds. The molecule has 2 aromatic carbocycles. The summed E-state index contributed by atoms with van der Waals surface area (Å²) in [6.07, 6.45) is 2.92. The molecule has 5 nitrogen and oxygen atoms in total. The molecule has 1 unspecified atom stereocenters. The lowest BCUT2D eigenvalue weighted by atomic mass is 10.1. The summed E-state index contributed by atoms with van der Waals surface area (Å²) in [7, 11) is 1.61. The van der Waals surface area contributed by atoms with Crippen molar-refractivity contribution in [1.82, 2.24) is 10.2 Å². The number of fused-ring (bicyclic) bond motifs is 1. The molecular weight excluding hydrogens is 309 g/mol. The molecule has 124 valence electrons. The molecule has 3 aromatic rings. The Morgan fingerprint density at radius 1 is 1.29 bits per heavy atom. The van der Waals surface area contributed by atoms with Gasteiger partial charge < -0.3 is 9.64 Å². The molecule has 0 aliphatic rings. The molecule has 0 aliphatic heterocycles. The Kier molecular flexibility index (Phi) is 4.86. The smallest absolute Gasteiger partial charge is 0.214 e. The number of nitrogens with one attached hydrogen (secondary N) is 1. The normalized spacial score (nSPS) is 12.2. The molecule has 0 saturated heterocycles. The lowest BCUT2D eigenvalue weighted by molar-refractivity contribution is -0.107. The molecule has 0 bridgehead atoms. The molecule has 3 rings (SSSR count). The standard InChI is InChI=1S/C18H18FN3O2/c1-24-18(13-2-4-15(19)5-3-13)8-9-22(12-23)16-6-7-17-14(10-16)11-20-21-17/h2-7,10-12,18H,8-9H2,1H3,(H,20,21). The molecule has 1 atom stereocenters. The average Bonchev–Trinajstić information content (AvgIpc) is 3.08. The van der Waals surface area contributed by atoms with Gasteiger partial charge in [-0.2, -0.15) is 5.10 Å². The number of methoxy groups -OCH3 is 1. The van der Waals surface area contributed by atoms with Gasteiger partial charge in [-0.15, -0.1) is 0 Å². The van der Waals surface area contributed by atoms with E-state index in [2.05, 4.69) is 10.2 Å². The first-order chi connectivity index (χ1) is 11.7. The lowest BCUT2D eigenvalue weighted by Gasteiger charge is -2.21. The number of carbonyl (C=O) groups is 1. The Balaban J connectivity index is 1.72. The van der Waals surface area contributed by atoms with Crippen molar-refractivity contribution in [3.8, 4) is 0 Å². The summed E-state index contributed by atoms with van der Waals surface area (Å²) in [5.74, 6) is -0.281. The van der Waals surface area contributed by atoms with Gasteiger partial charge in [0, 0.05) is 24.7 Å². The number of nitrogens with zero attached hydrogens (tertiary/aromatic N) is 2. The maximum Gasteiger partial charge on any atom is 0.214 e. The van der Waals surface area contributed by atoms with Crippen LogP contribution >= 0.6 is 0 Å². The fourth-order valence-electron chi connectivity index (χ4n) is 2.71. The molecule has 24 heavy (non-hydrogen) atoms. The van der Waals surface area contributed by atoms with Gasteiger partial charge in [-0.25, -0.2) is 4.39 Å². The SMILES string of the molecule is COC(CCN(C=O)c1ccc2[nH]ncc2c1)c1ccc(F)cc1. The van der Waals surface area contributed by atoms with Crippen LogP contribution < -0.4 is 4.90 Å². The molecule has 0 fully saturated rings. The maximum absolute atomic E-state index is 13.0. The number of anilines is 1. The minimum Gasteiger partial charge on any atom is -0.377 e. The highest BCUT2D eigenvalue weighted by molar-refractivity contribution is 5.86. The van der Waals surface area contributed by atoms with E-state index >= 15 is 0 Å². The van der Waals surface area contributed by atoms with Crippen LogP contribution in [0.15, 0.2) is 48.7 Å². The van der Waals surface area contributed by atoms with Crippen LogP contribution in [-0.2, 0) is 9.53 Å². The number of ether oxygens (including phenoxy) is 1. The second kappa shape index (κ2) is 7.23. The number of benzene rings is 2. The predicted molar refractivity (Wildman–Crippen MR) is 90.3 cm³/mol. The van der Waals surface area contributed by atoms with Gasteiger partial charge in [0.25, 0.3) is 0 Å². The van der Waals surface area contributed by atoms with E-state index in [0.29, 0.717) is 13.0 Å². The van der Waals surface area contributed by atoms with Crippen LogP contribution in [0, 0.1) is 5.82 Å². The van der Waals surface area contributed by atoms with Crippen molar-refractivity contribution in [3.63, 3.8) is 0 Å². The highest BCUT2D eigenvalue weighted by Gasteiger charge is 2.14. The number of rotatable bonds is 7. The largest absolute Gasteiger partial charge is 0.377 e. The zero-order valence-electron chi connectivity index (χ0n) is 13.3. The van der Waals surface area contributed by atoms with Crippen LogP contribution in [0.5, 0.6) is 0 Å². The average molecular weight is 327 g/mol. The summed E-state index contributed by atoms with van der Waals surface area (Å²) in [5.41, 5.74) is 2.61. The van der Waals surface area contributed by atoms with Crippen molar-refractivity contribution in [2.45, 2.75) is 12.5 Å². The van der Waals surface area contributed by atoms with Crippen LogP contribution in [0.25, 0.3) is 10.9 Å². The molecule has 6 heteroatoms. The molecule has 0 saturated carbocycles. The Morgan fingerprint density at radius 2 is 2.08 bits per heavy atom. The summed E-state index contributed by atoms with van der Waals surface area (Å²) in [4.78, 5) is 13.1. The molecule has 1 aromatic heterocycles. The third-order valence-corrected chi connectivity index (χ3v) is 4.04. The van der Waals surface area contributed by atoms with Gasteiger partial charge in [-0.1, -0.05) is 12.1 Å². The maximum atomic E-state index is 13.0. The van der Waals surface area contributed by atoms with Crippen LogP contribution in [0.4, 0.5) is 10.1 Å². The van der Waals surface area contributed by atoms with Gasteiger partial charge in [0.15, 0.2) is 0 Å². The number of carbonyl (C=O) groups excluding carboxylic acids is 1. The summed E-state index contributed by atoms with van der Waals surface area (Å²) < 4.78 is 18.5. The van der Waals surface area contributed by atoms with Gasteiger partial charge in [0.05, 0.1) is 17.8 Å². The molecule has 0 aliphatic carbocycles. The van der Waals surface area contributed by atoms with Crippen molar-refractivity contribution in [2.75, 3.05) is 18.6 Å². The number of halogens is 1. The van der Waals surface area contributed by atoms with E-state index < -0.39 is 0 Å². The first kappa shape index (κ1) is 16.1. The van der Waals surface area contributed by atoms with Crippen molar-refractivity contribution in [3.05, 3.63) is 60.0 Å². The van der Waals surface area contributed by atoms with Crippen LogP contribution in [-0.4, -0.2) is 30.3 Å². The van der Waals surface area contributed by atoms with Crippen molar-refractivity contribution in [2.24, 2.45) is 0 Å².